The van der Waals surface area contributed by atoms with Crippen molar-refractivity contribution in [2.24, 2.45) is 0 Å². The van der Waals surface area contributed by atoms with Gasteiger partial charge in [-0.25, -0.2) is 0 Å². The maximum absolute atomic E-state index is 11.7. The van der Waals surface area contributed by atoms with Gasteiger partial charge in [-0.3, -0.25) is 9.59 Å². The molecule has 0 aliphatic carbocycles. The van der Waals surface area contributed by atoms with Gasteiger partial charge in [0, 0.05) is 16.6 Å². The predicted molar refractivity (Wildman–Crippen MR) is 74.3 cm³/mol. The molecule has 0 aliphatic heterocycles. The van der Waals surface area contributed by atoms with Crippen molar-refractivity contribution >= 4 is 27.7 Å². The van der Waals surface area contributed by atoms with E-state index in [0.29, 0.717) is 18.5 Å². The van der Waals surface area contributed by atoms with Gasteiger partial charge in [0.1, 0.15) is 0 Å². The van der Waals surface area contributed by atoms with E-state index < -0.39 is 0 Å². The van der Waals surface area contributed by atoms with Crippen molar-refractivity contribution < 1.29 is 9.59 Å². The first kappa shape index (κ1) is 14.4. The Balaban J connectivity index is 2.37. The summed E-state index contributed by atoms with van der Waals surface area (Å²) in [4.78, 5) is 23.1. The normalized spacial score (nSPS) is 9.61. The topological polar surface area (TPSA) is 58.2 Å². The van der Waals surface area contributed by atoms with Gasteiger partial charge in [-0.2, -0.15) is 0 Å². The standard InChI is InChI=1S/C13H15BrN2O2/c1-2-3-7-15-12(17)9-16-13(18)10-5-4-6-11(14)8-10/h2,4-6,8H,1,3,7,9H2,(H,15,17)(H,16,18). The van der Waals surface area contributed by atoms with Crippen LogP contribution in [0.2, 0.25) is 0 Å². The van der Waals surface area contributed by atoms with E-state index in [1.165, 1.54) is 0 Å². The van der Waals surface area contributed by atoms with E-state index in [2.05, 4.69) is 33.1 Å². The zero-order chi connectivity index (χ0) is 13.4. The number of carbonyl (C=O) groups is 2. The maximum atomic E-state index is 11.7. The van der Waals surface area contributed by atoms with Gasteiger partial charge in [-0.15, -0.1) is 6.58 Å². The third kappa shape index (κ3) is 5.14. The number of nitrogens with one attached hydrogen (secondary N) is 2. The molecule has 1 rings (SSSR count). The van der Waals surface area contributed by atoms with E-state index in [0.717, 1.165) is 4.47 Å². The van der Waals surface area contributed by atoms with Crippen LogP contribution in [0.5, 0.6) is 0 Å². The molecule has 0 aromatic heterocycles. The van der Waals surface area contributed by atoms with Crippen LogP contribution in [0.3, 0.4) is 0 Å². The van der Waals surface area contributed by atoms with E-state index in [4.69, 9.17) is 0 Å². The summed E-state index contributed by atoms with van der Waals surface area (Å²) in [5.41, 5.74) is 0.517. The molecule has 0 fully saturated rings. The van der Waals surface area contributed by atoms with Crippen molar-refractivity contribution in [2.45, 2.75) is 6.42 Å². The van der Waals surface area contributed by atoms with E-state index in [-0.39, 0.29) is 18.4 Å². The molecule has 18 heavy (non-hydrogen) atoms. The van der Waals surface area contributed by atoms with Gasteiger partial charge in [0.2, 0.25) is 5.91 Å². The average Bonchev–Trinajstić information content (AvgIpc) is 2.36. The van der Waals surface area contributed by atoms with Crippen LogP contribution >= 0.6 is 15.9 Å². The van der Waals surface area contributed by atoms with Gasteiger partial charge in [0.25, 0.3) is 5.91 Å². The molecule has 0 aliphatic rings. The summed E-state index contributed by atoms with van der Waals surface area (Å²) in [5, 5.41) is 5.22. The first-order valence-electron chi connectivity index (χ1n) is 5.55. The molecule has 0 spiro atoms. The second-order valence-corrected chi connectivity index (χ2v) is 4.54. The summed E-state index contributed by atoms with van der Waals surface area (Å²) >= 11 is 3.28. The minimum Gasteiger partial charge on any atom is -0.354 e. The van der Waals surface area contributed by atoms with Crippen LogP contribution < -0.4 is 10.6 Å². The third-order valence-electron chi connectivity index (χ3n) is 2.17. The fraction of sp³-hybridized carbons (Fsp3) is 0.231. The highest BCUT2D eigenvalue weighted by Gasteiger charge is 2.07. The van der Waals surface area contributed by atoms with Crippen molar-refractivity contribution in [2.75, 3.05) is 13.1 Å². The van der Waals surface area contributed by atoms with Crippen molar-refractivity contribution in [1.29, 1.82) is 0 Å². The average molecular weight is 311 g/mol. The molecule has 2 amide bonds. The van der Waals surface area contributed by atoms with Crippen LogP contribution in [-0.2, 0) is 4.79 Å². The summed E-state index contributed by atoms with van der Waals surface area (Å²) < 4.78 is 0.825. The molecular weight excluding hydrogens is 296 g/mol. The van der Waals surface area contributed by atoms with E-state index in [9.17, 15) is 9.59 Å². The van der Waals surface area contributed by atoms with Crippen LogP contribution in [0, 0.1) is 0 Å². The second kappa shape index (κ2) is 7.66. The Morgan fingerprint density at radius 2 is 2.11 bits per heavy atom. The lowest BCUT2D eigenvalue weighted by atomic mass is 10.2. The molecule has 0 heterocycles. The lowest BCUT2D eigenvalue weighted by Gasteiger charge is -2.06. The summed E-state index contributed by atoms with van der Waals surface area (Å²) in [6.45, 7) is 4.07. The van der Waals surface area contributed by atoms with Crippen LogP contribution in [0.1, 0.15) is 16.8 Å². The monoisotopic (exact) mass is 310 g/mol. The summed E-state index contributed by atoms with van der Waals surface area (Å²) in [7, 11) is 0. The van der Waals surface area contributed by atoms with Crippen LogP contribution in [0.4, 0.5) is 0 Å². The Kier molecular flexibility index (Phi) is 6.14. The first-order chi connectivity index (χ1) is 8.63. The number of halogens is 1. The first-order valence-corrected chi connectivity index (χ1v) is 6.34. The second-order valence-electron chi connectivity index (χ2n) is 3.62. The minimum atomic E-state index is -0.268. The van der Waals surface area contributed by atoms with Crippen LogP contribution in [-0.4, -0.2) is 24.9 Å². The van der Waals surface area contributed by atoms with Crippen molar-refractivity contribution in [1.82, 2.24) is 10.6 Å². The molecule has 0 radical (unpaired) electrons. The van der Waals surface area contributed by atoms with E-state index in [1.54, 1.807) is 24.3 Å². The largest absolute Gasteiger partial charge is 0.354 e. The molecule has 0 saturated carbocycles. The van der Waals surface area contributed by atoms with Crippen LogP contribution in [0.25, 0.3) is 0 Å². The third-order valence-corrected chi connectivity index (χ3v) is 2.66. The molecule has 0 atom stereocenters. The van der Waals surface area contributed by atoms with Gasteiger partial charge < -0.3 is 10.6 Å². The molecule has 0 unspecified atom stereocenters. The van der Waals surface area contributed by atoms with Gasteiger partial charge in [0.05, 0.1) is 6.54 Å². The van der Waals surface area contributed by atoms with E-state index in [1.807, 2.05) is 6.07 Å². The number of benzene rings is 1. The van der Waals surface area contributed by atoms with Crippen molar-refractivity contribution in [3.63, 3.8) is 0 Å². The lowest BCUT2D eigenvalue weighted by Crippen LogP contribution is -2.37. The highest BCUT2D eigenvalue weighted by molar-refractivity contribution is 9.10. The van der Waals surface area contributed by atoms with E-state index >= 15 is 0 Å². The molecule has 0 bridgehead atoms. The Morgan fingerprint density at radius 1 is 1.33 bits per heavy atom. The van der Waals surface area contributed by atoms with Gasteiger partial charge in [0.15, 0.2) is 0 Å². The molecule has 5 heteroatoms. The Morgan fingerprint density at radius 3 is 2.78 bits per heavy atom. The van der Waals surface area contributed by atoms with Gasteiger partial charge in [-0.1, -0.05) is 28.1 Å². The molecular formula is C13H15BrN2O2. The zero-order valence-electron chi connectivity index (χ0n) is 9.91. The highest BCUT2D eigenvalue weighted by Crippen LogP contribution is 2.11. The quantitative estimate of drug-likeness (QED) is 0.622. The summed E-state index contributed by atoms with van der Waals surface area (Å²) in [6.07, 6.45) is 2.44. The molecule has 96 valence electrons. The van der Waals surface area contributed by atoms with Crippen LogP contribution in [0.15, 0.2) is 41.4 Å². The molecule has 0 saturated heterocycles. The lowest BCUT2D eigenvalue weighted by molar-refractivity contribution is -0.120. The minimum absolute atomic E-state index is 0.0253. The van der Waals surface area contributed by atoms with Crippen molar-refractivity contribution in [3.05, 3.63) is 47.0 Å². The highest BCUT2D eigenvalue weighted by atomic mass is 79.9. The number of carbonyl (C=O) groups excluding carboxylic acids is 2. The number of hydrogen-bond acceptors (Lipinski definition) is 2. The molecule has 4 nitrogen and oxygen atoms in total. The van der Waals surface area contributed by atoms with Gasteiger partial charge in [-0.05, 0) is 24.6 Å². The molecule has 1 aromatic rings. The summed E-state index contributed by atoms with van der Waals surface area (Å²) in [5.74, 6) is -0.477. The molecule has 1 aromatic carbocycles. The Hall–Kier alpha value is -1.62. The number of amides is 2. The Labute approximate surface area is 115 Å². The fourth-order valence-electron chi connectivity index (χ4n) is 1.27. The molecule has 2 N–H and O–H groups in total. The number of rotatable bonds is 6. The SMILES string of the molecule is C=CCCNC(=O)CNC(=O)c1cccc(Br)c1. The zero-order valence-corrected chi connectivity index (χ0v) is 11.5. The fourth-order valence-corrected chi connectivity index (χ4v) is 1.67. The smallest absolute Gasteiger partial charge is 0.251 e. The number of hydrogen-bond donors (Lipinski definition) is 2. The maximum Gasteiger partial charge on any atom is 0.251 e. The predicted octanol–water partition coefficient (Wildman–Crippen LogP) is 1.87. The Bertz CT molecular complexity index is 446. The van der Waals surface area contributed by atoms with Gasteiger partial charge >= 0.3 is 0 Å². The summed E-state index contributed by atoms with van der Waals surface area (Å²) in [6, 6.07) is 6.99. The van der Waals surface area contributed by atoms with Crippen molar-refractivity contribution in [3.8, 4) is 0 Å².